The zero-order chi connectivity index (χ0) is 31.5. The molecule has 4 N–H and O–H groups in total. The van der Waals surface area contributed by atoms with E-state index in [0.717, 1.165) is 0 Å². The number of fused-ring (bicyclic) bond motifs is 1. The van der Waals surface area contributed by atoms with Gasteiger partial charge in [0.15, 0.2) is 5.66 Å². The first kappa shape index (κ1) is 30.1. The van der Waals surface area contributed by atoms with Gasteiger partial charge in [-0.15, -0.1) is 13.2 Å². The van der Waals surface area contributed by atoms with Crippen LogP contribution in [-0.4, -0.2) is 42.7 Å². The fourth-order valence-electron chi connectivity index (χ4n) is 5.36. The van der Waals surface area contributed by atoms with Gasteiger partial charge in [0.25, 0.3) is 0 Å². The molecule has 12 heteroatoms. The molecule has 1 aliphatic rings. The summed E-state index contributed by atoms with van der Waals surface area (Å²) in [5.41, 5.74) is 6.65. The number of primary amides is 1. The molecular weight excluding hydrogens is 579 g/mol. The number of para-hydroxylation sites is 1. The van der Waals surface area contributed by atoms with E-state index in [4.69, 9.17) is 15.2 Å². The molecule has 4 aromatic carbocycles. The minimum Gasteiger partial charge on any atom is -0.497 e. The molecule has 0 aliphatic carbocycles. The summed E-state index contributed by atoms with van der Waals surface area (Å²) in [5, 5.41) is 13.1. The molecule has 0 saturated carbocycles. The SMILES string of the molecule is COc1cccc(C(C(N)=O)C2(COc3ccccc3)Nc3cc(C(=O)O)ccc3N2Cc2ccc(OC(F)(F)F)cc2)c1. The molecule has 9 nitrogen and oxygen atoms in total. The quantitative estimate of drug-likeness (QED) is 0.197. The fraction of sp³-hybridized carbons (Fsp3) is 0.188. The molecule has 5 rings (SSSR count). The molecule has 4 aromatic rings. The zero-order valence-electron chi connectivity index (χ0n) is 23.4. The number of nitrogens with zero attached hydrogens (tertiary/aromatic N) is 1. The van der Waals surface area contributed by atoms with E-state index in [1.165, 1.54) is 43.5 Å². The predicted molar refractivity (Wildman–Crippen MR) is 156 cm³/mol. The fourth-order valence-corrected chi connectivity index (χ4v) is 5.36. The summed E-state index contributed by atoms with van der Waals surface area (Å²) >= 11 is 0. The number of carbonyl (C=O) groups is 2. The second-order valence-corrected chi connectivity index (χ2v) is 10.1. The molecule has 44 heavy (non-hydrogen) atoms. The molecule has 228 valence electrons. The third-order valence-electron chi connectivity index (χ3n) is 7.26. The summed E-state index contributed by atoms with van der Waals surface area (Å²) in [6.07, 6.45) is -4.85. The van der Waals surface area contributed by atoms with Crippen molar-refractivity contribution in [3.05, 3.63) is 114 Å². The number of nitrogens with one attached hydrogen (secondary N) is 1. The minimum absolute atomic E-state index is 0.00151. The highest BCUT2D eigenvalue weighted by Crippen LogP contribution is 2.48. The first-order valence-electron chi connectivity index (χ1n) is 13.4. The number of methoxy groups -OCH3 is 1. The molecule has 0 bridgehead atoms. The molecule has 0 spiro atoms. The number of carboxylic acids is 1. The largest absolute Gasteiger partial charge is 0.573 e. The molecular formula is C32H28F3N3O6. The Morgan fingerprint density at radius 1 is 0.932 bits per heavy atom. The summed E-state index contributed by atoms with van der Waals surface area (Å²) in [5.74, 6) is -2.39. The van der Waals surface area contributed by atoms with Gasteiger partial charge in [0.1, 0.15) is 29.8 Å². The van der Waals surface area contributed by atoms with E-state index >= 15 is 0 Å². The summed E-state index contributed by atoms with van der Waals surface area (Å²) in [4.78, 5) is 27.1. The van der Waals surface area contributed by atoms with Crippen LogP contribution in [0.25, 0.3) is 0 Å². The standard InChI is InChI=1S/C32H28F3N3O6/c1-42-25-9-5-6-21(16-25)28(29(36)39)31(19-43-23-7-3-2-4-8-23)37-26-17-22(30(40)41)12-15-27(26)38(31)18-20-10-13-24(14-11-20)44-32(33,34)35/h2-17,28,37H,18-19H2,1H3,(H2,36,39)(H,40,41). The van der Waals surface area contributed by atoms with Gasteiger partial charge in [-0.05, 0) is 65.7 Å². The van der Waals surface area contributed by atoms with Crippen molar-refractivity contribution in [3.63, 3.8) is 0 Å². The number of anilines is 2. The predicted octanol–water partition coefficient (Wildman–Crippen LogP) is 5.77. The number of halogens is 3. The van der Waals surface area contributed by atoms with Crippen LogP contribution in [-0.2, 0) is 11.3 Å². The maximum Gasteiger partial charge on any atom is 0.573 e. The molecule has 1 heterocycles. The Balaban J connectivity index is 1.66. The van der Waals surface area contributed by atoms with Gasteiger partial charge >= 0.3 is 12.3 Å². The lowest BCUT2D eigenvalue weighted by Gasteiger charge is -2.44. The van der Waals surface area contributed by atoms with E-state index in [2.05, 4.69) is 10.1 Å². The van der Waals surface area contributed by atoms with Crippen molar-refractivity contribution in [1.29, 1.82) is 0 Å². The van der Waals surface area contributed by atoms with Gasteiger partial charge in [-0.25, -0.2) is 4.79 Å². The molecule has 1 amide bonds. The zero-order valence-corrected chi connectivity index (χ0v) is 23.4. The molecule has 0 fully saturated rings. The highest BCUT2D eigenvalue weighted by Gasteiger charge is 2.53. The second-order valence-electron chi connectivity index (χ2n) is 10.1. The lowest BCUT2D eigenvalue weighted by molar-refractivity contribution is -0.274. The van der Waals surface area contributed by atoms with Crippen LogP contribution in [0.3, 0.4) is 0 Å². The lowest BCUT2D eigenvalue weighted by Crippen LogP contribution is -2.61. The molecule has 0 radical (unpaired) electrons. The van der Waals surface area contributed by atoms with Crippen molar-refractivity contribution < 1.29 is 42.1 Å². The Morgan fingerprint density at radius 2 is 1.64 bits per heavy atom. The number of aromatic carboxylic acids is 1. The number of nitrogens with two attached hydrogens (primary N) is 1. The van der Waals surface area contributed by atoms with Crippen LogP contribution in [0, 0.1) is 0 Å². The van der Waals surface area contributed by atoms with Crippen LogP contribution in [0.5, 0.6) is 17.2 Å². The Morgan fingerprint density at radius 3 is 2.27 bits per heavy atom. The third-order valence-corrected chi connectivity index (χ3v) is 7.26. The van der Waals surface area contributed by atoms with Crippen molar-refractivity contribution in [2.75, 3.05) is 23.9 Å². The summed E-state index contributed by atoms with van der Waals surface area (Å²) < 4.78 is 54.0. The summed E-state index contributed by atoms with van der Waals surface area (Å²) in [6, 6.07) is 25.5. The minimum atomic E-state index is -4.85. The number of rotatable bonds is 11. The molecule has 1 aliphatic heterocycles. The van der Waals surface area contributed by atoms with Crippen molar-refractivity contribution in [3.8, 4) is 17.2 Å². The Labute approximate surface area is 250 Å². The van der Waals surface area contributed by atoms with Gasteiger partial charge in [-0.1, -0.05) is 42.5 Å². The lowest BCUT2D eigenvalue weighted by atomic mass is 9.84. The smallest absolute Gasteiger partial charge is 0.497 e. The Bertz CT molecular complexity index is 1650. The van der Waals surface area contributed by atoms with E-state index in [-0.39, 0.29) is 18.7 Å². The number of hydrogen-bond acceptors (Lipinski definition) is 7. The number of carbonyl (C=O) groups excluding carboxylic acids is 1. The van der Waals surface area contributed by atoms with Crippen molar-refractivity contribution in [2.45, 2.75) is 24.5 Å². The molecule has 2 atom stereocenters. The molecule has 2 unspecified atom stereocenters. The van der Waals surface area contributed by atoms with E-state index in [9.17, 15) is 27.9 Å². The first-order valence-corrected chi connectivity index (χ1v) is 13.4. The number of ether oxygens (including phenoxy) is 3. The van der Waals surface area contributed by atoms with E-state index < -0.39 is 35.6 Å². The number of amides is 1. The van der Waals surface area contributed by atoms with Crippen LogP contribution in [0.1, 0.15) is 27.4 Å². The van der Waals surface area contributed by atoms with Crippen LogP contribution < -0.4 is 30.2 Å². The molecule has 0 saturated heterocycles. The van der Waals surface area contributed by atoms with Crippen LogP contribution in [0.2, 0.25) is 0 Å². The second kappa shape index (κ2) is 12.1. The first-order chi connectivity index (χ1) is 21.0. The Kier molecular flexibility index (Phi) is 8.26. The topological polar surface area (TPSA) is 123 Å². The van der Waals surface area contributed by atoms with E-state index in [0.29, 0.717) is 34.0 Å². The highest BCUT2D eigenvalue weighted by molar-refractivity contribution is 5.94. The number of alkyl halides is 3. The van der Waals surface area contributed by atoms with Crippen molar-refractivity contribution in [1.82, 2.24) is 0 Å². The highest BCUT2D eigenvalue weighted by atomic mass is 19.4. The van der Waals surface area contributed by atoms with Crippen LogP contribution in [0.4, 0.5) is 24.5 Å². The van der Waals surface area contributed by atoms with Gasteiger partial charge in [-0.3, -0.25) is 4.79 Å². The van der Waals surface area contributed by atoms with Gasteiger partial charge in [-0.2, -0.15) is 0 Å². The van der Waals surface area contributed by atoms with Crippen LogP contribution in [0.15, 0.2) is 97.1 Å². The molecule has 0 aromatic heterocycles. The van der Waals surface area contributed by atoms with Crippen molar-refractivity contribution >= 4 is 23.3 Å². The maximum absolute atomic E-state index is 13.4. The van der Waals surface area contributed by atoms with Gasteiger partial charge in [0.05, 0.1) is 24.0 Å². The van der Waals surface area contributed by atoms with Gasteiger partial charge < -0.3 is 35.3 Å². The van der Waals surface area contributed by atoms with Gasteiger partial charge in [0, 0.05) is 6.54 Å². The monoisotopic (exact) mass is 607 g/mol. The number of benzene rings is 4. The van der Waals surface area contributed by atoms with Crippen LogP contribution >= 0.6 is 0 Å². The summed E-state index contributed by atoms with van der Waals surface area (Å²) in [6.45, 7) is -0.0984. The third kappa shape index (κ3) is 6.33. The maximum atomic E-state index is 13.4. The average molecular weight is 608 g/mol. The average Bonchev–Trinajstić information content (AvgIpc) is 3.29. The normalized spacial score (nSPS) is 16.4. The number of hydrogen-bond donors (Lipinski definition) is 3. The number of carboxylic acid groups (broad SMARTS) is 1. The van der Waals surface area contributed by atoms with E-state index in [1.807, 2.05) is 11.0 Å². The Hall–Kier alpha value is -5.39. The summed E-state index contributed by atoms with van der Waals surface area (Å²) in [7, 11) is 1.49. The van der Waals surface area contributed by atoms with E-state index in [1.54, 1.807) is 54.6 Å². The van der Waals surface area contributed by atoms with Gasteiger partial charge in [0.2, 0.25) is 5.91 Å². The van der Waals surface area contributed by atoms with Crippen molar-refractivity contribution in [2.24, 2.45) is 5.73 Å².